The number of fused-ring (bicyclic) bond motifs is 2. The largest absolute Gasteiger partial charge is 2.00 e. The maximum Gasteiger partial charge on any atom is 2.00 e. The molecule has 283 valence electrons. The Morgan fingerprint density at radius 1 is 0.549 bits per heavy atom. The van der Waals surface area contributed by atoms with Crippen molar-refractivity contribution >= 4 is 34.0 Å². The number of hydrogen-bond donors (Lipinski definition) is 2. The van der Waals surface area contributed by atoms with Crippen molar-refractivity contribution in [1.82, 2.24) is 0 Å². The standard InChI is InChI=1S/2C20H26N2O.2ClH.Co.2H2O/c2*23-20-12-11-16-7-4-5-10-18(16)19(20)15-21-13-6-14-22-17-8-2-1-3-9-17;;;;;/h2*4-5,7,10-12,15,17,22-23H,1-3,6,8-9,13-14H2;2*1H;;2*1H2/q;;;;+2;;/p-2. The topological polar surface area (TPSA) is 167 Å². The van der Waals surface area contributed by atoms with Gasteiger partial charge in [-0.2, -0.15) is 0 Å². The minimum Gasteiger partial charge on any atom is -1.00 e. The van der Waals surface area contributed by atoms with E-state index in [1.54, 1.807) is 24.6 Å². The second-order valence-electron chi connectivity index (χ2n) is 13.0. The summed E-state index contributed by atoms with van der Waals surface area (Å²) in [6.45, 7) is 3.88. The molecule has 0 saturated heterocycles. The van der Waals surface area contributed by atoms with E-state index >= 15 is 0 Å². The molecule has 2 aliphatic rings. The Morgan fingerprint density at radius 2 is 0.922 bits per heavy atom. The molecule has 2 fully saturated rings. The van der Waals surface area contributed by atoms with Gasteiger partial charge in [-0.1, -0.05) is 97.1 Å². The van der Waals surface area contributed by atoms with Crippen molar-refractivity contribution in [1.29, 1.82) is 0 Å². The van der Waals surface area contributed by atoms with E-state index in [4.69, 9.17) is 0 Å². The molecule has 0 atom stereocenters. The summed E-state index contributed by atoms with van der Waals surface area (Å²) in [5, 5.41) is 33.3. The van der Waals surface area contributed by atoms with Gasteiger partial charge in [0, 0.05) is 38.4 Å². The van der Waals surface area contributed by atoms with Gasteiger partial charge >= 0.3 is 16.8 Å². The molecule has 6 rings (SSSR count). The molecule has 11 heteroatoms. The summed E-state index contributed by atoms with van der Waals surface area (Å²) in [4.78, 5) is 8.98. The molecule has 0 aliphatic heterocycles. The van der Waals surface area contributed by atoms with Crippen molar-refractivity contribution in [2.45, 2.75) is 89.1 Å². The molecule has 51 heavy (non-hydrogen) atoms. The van der Waals surface area contributed by atoms with Crippen LogP contribution in [0.1, 0.15) is 88.2 Å². The Hall–Kier alpha value is -2.73. The molecule has 1 radical (unpaired) electrons. The summed E-state index contributed by atoms with van der Waals surface area (Å²) in [6, 6.07) is 24.7. The Balaban J connectivity index is 0.000000893. The maximum atomic E-state index is 12.1. The van der Waals surface area contributed by atoms with Gasteiger partial charge in [0.2, 0.25) is 0 Å². The second-order valence-corrected chi connectivity index (χ2v) is 13.0. The third-order valence-electron chi connectivity index (χ3n) is 9.58. The van der Waals surface area contributed by atoms with Gasteiger partial charge in [-0.15, -0.1) is 0 Å². The van der Waals surface area contributed by atoms with Crippen molar-refractivity contribution in [3.63, 3.8) is 0 Å². The summed E-state index contributed by atoms with van der Waals surface area (Å²) in [6.07, 6.45) is 19.6. The van der Waals surface area contributed by atoms with E-state index in [-0.39, 0.29) is 64.0 Å². The molecule has 0 bridgehead atoms. The van der Waals surface area contributed by atoms with Crippen LogP contribution in [0.15, 0.2) is 82.8 Å². The van der Waals surface area contributed by atoms with E-state index in [9.17, 15) is 10.2 Å². The molecule has 2 aliphatic carbocycles. The minimum atomic E-state index is 0. The van der Waals surface area contributed by atoms with Gasteiger partial charge in [0.1, 0.15) is 0 Å². The number of nitrogens with two attached hydrogens (primary N) is 2. The first-order valence-corrected chi connectivity index (χ1v) is 17.7. The molecule has 4 aromatic carbocycles. The first kappa shape index (κ1) is 48.3. The monoisotopic (exact) mass is 785 g/mol. The molecule has 0 spiro atoms. The second kappa shape index (κ2) is 27.0. The Morgan fingerprint density at radius 3 is 1.31 bits per heavy atom. The fourth-order valence-corrected chi connectivity index (χ4v) is 6.94. The van der Waals surface area contributed by atoms with Crippen LogP contribution in [0, 0.1) is 0 Å². The van der Waals surface area contributed by atoms with Crippen LogP contribution < -0.4 is 45.7 Å². The van der Waals surface area contributed by atoms with Gasteiger partial charge in [0.05, 0.1) is 25.2 Å². The van der Waals surface area contributed by atoms with E-state index in [0.29, 0.717) is 0 Å². The van der Waals surface area contributed by atoms with Crippen molar-refractivity contribution in [2.75, 3.05) is 26.2 Å². The number of hydrogen-bond acceptors (Lipinski definition) is 4. The van der Waals surface area contributed by atoms with Gasteiger partial charge in [0.25, 0.3) is 0 Å². The predicted molar refractivity (Wildman–Crippen MR) is 196 cm³/mol. The average Bonchev–Trinajstić information content (AvgIpc) is 3.10. The van der Waals surface area contributed by atoms with Gasteiger partial charge < -0.3 is 56.6 Å². The van der Waals surface area contributed by atoms with Crippen LogP contribution in [0.25, 0.3) is 21.5 Å². The van der Waals surface area contributed by atoms with E-state index in [1.807, 2.05) is 60.7 Å². The van der Waals surface area contributed by atoms with E-state index < -0.39 is 0 Å². The summed E-state index contributed by atoms with van der Waals surface area (Å²) in [5.41, 5.74) is 1.44. The summed E-state index contributed by atoms with van der Waals surface area (Å²) in [7, 11) is 0. The Labute approximate surface area is 326 Å². The maximum absolute atomic E-state index is 12.1. The molecule has 0 amide bonds. The van der Waals surface area contributed by atoms with Crippen molar-refractivity contribution < 1.29 is 73.4 Å². The molecule has 0 unspecified atom stereocenters. The number of nitrogens with zero attached hydrogens (tertiary/aromatic N) is 2. The third kappa shape index (κ3) is 15.4. The number of quaternary nitrogens is 2. The molecule has 8 N–H and O–H groups in total. The summed E-state index contributed by atoms with van der Waals surface area (Å²) >= 11 is 0. The molecule has 0 aromatic heterocycles. The minimum absolute atomic E-state index is 0. The molecular weight excluding hydrogens is 730 g/mol. The molecular formula is C40H56Cl2CoN4O4. The molecule has 2 saturated carbocycles. The summed E-state index contributed by atoms with van der Waals surface area (Å²) < 4.78 is 0. The quantitative estimate of drug-likeness (QED) is 0.121. The van der Waals surface area contributed by atoms with Crippen LogP contribution in [0.4, 0.5) is 0 Å². The third-order valence-corrected chi connectivity index (χ3v) is 9.58. The van der Waals surface area contributed by atoms with Crippen LogP contribution in [0.2, 0.25) is 0 Å². The fourth-order valence-electron chi connectivity index (χ4n) is 6.94. The number of aliphatic imine (C=N–C) groups is 2. The fraction of sp³-hybridized carbons (Fsp3) is 0.450. The Kier molecular flexibility index (Phi) is 25.5. The first-order chi connectivity index (χ1) is 22.7. The van der Waals surface area contributed by atoms with E-state index in [0.717, 1.165) is 83.8 Å². The number of benzene rings is 4. The van der Waals surface area contributed by atoms with Crippen molar-refractivity contribution in [3.8, 4) is 11.5 Å². The van der Waals surface area contributed by atoms with Gasteiger partial charge in [0.15, 0.2) is 0 Å². The molecule has 0 heterocycles. The van der Waals surface area contributed by atoms with Gasteiger partial charge in [-0.25, -0.2) is 0 Å². The van der Waals surface area contributed by atoms with Crippen LogP contribution in [-0.4, -0.2) is 61.6 Å². The number of halogens is 2. The van der Waals surface area contributed by atoms with Crippen molar-refractivity contribution in [3.05, 3.63) is 83.9 Å². The zero-order valence-electron chi connectivity index (χ0n) is 29.5. The van der Waals surface area contributed by atoms with Gasteiger partial charge in [-0.3, -0.25) is 9.98 Å². The van der Waals surface area contributed by atoms with E-state index in [1.165, 1.54) is 64.2 Å². The predicted octanol–water partition coefficient (Wildman–Crippen LogP) is -2.41. The first-order valence-electron chi connectivity index (χ1n) is 17.7. The Bertz CT molecular complexity index is 1460. The SMILES string of the molecule is O.O.[Cl-].[Cl-].[Co+2].[O-]c1ccc2ccccc2c1C=NCCC[NH2+]C1CCCCC1.[O-]c1ccc2ccccc2c1C=NCCC[NH2+]C1CCCCC1. The van der Waals surface area contributed by atoms with Crippen LogP contribution in [0.5, 0.6) is 11.5 Å². The van der Waals surface area contributed by atoms with Crippen molar-refractivity contribution in [2.24, 2.45) is 9.98 Å². The average molecular weight is 787 g/mol. The van der Waals surface area contributed by atoms with Crippen LogP contribution in [-0.2, 0) is 16.8 Å². The molecule has 8 nitrogen and oxygen atoms in total. The summed E-state index contributed by atoms with van der Waals surface area (Å²) in [5.74, 6) is 0.113. The van der Waals surface area contributed by atoms with Crippen LogP contribution in [0.3, 0.4) is 0 Å². The smallest absolute Gasteiger partial charge is 1.00 e. The molecule has 4 aromatic rings. The normalized spacial score (nSPS) is 14.7. The zero-order valence-corrected chi connectivity index (χ0v) is 32.1. The van der Waals surface area contributed by atoms with Gasteiger partial charge in [-0.05, 0) is 84.0 Å². The van der Waals surface area contributed by atoms with Crippen LogP contribution >= 0.6 is 0 Å². The van der Waals surface area contributed by atoms with E-state index in [2.05, 4.69) is 20.6 Å². The number of rotatable bonds is 12. The zero-order chi connectivity index (χ0) is 31.8.